The van der Waals surface area contributed by atoms with Crippen molar-refractivity contribution >= 4 is 11.3 Å². The lowest BCUT2D eigenvalue weighted by molar-refractivity contribution is 0.137. The molecule has 0 N–H and O–H groups in total. The number of hydrogen-bond acceptors (Lipinski definition) is 4. The number of aromatic nitrogens is 3. The summed E-state index contributed by atoms with van der Waals surface area (Å²) in [6.07, 6.45) is 9.66. The summed E-state index contributed by atoms with van der Waals surface area (Å²) in [7, 11) is 0. The molecule has 0 spiro atoms. The van der Waals surface area contributed by atoms with Crippen LogP contribution < -0.4 is 0 Å². The minimum atomic E-state index is 0.457. The number of hydrogen-bond donors (Lipinski definition) is 0. The fraction of sp³-hybridized carbons (Fsp3) is 0.368. The summed E-state index contributed by atoms with van der Waals surface area (Å²) in [6, 6.07) is 11.0. The molecule has 24 heavy (non-hydrogen) atoms. The van der Waals surface area contributed by atoms with E-state index in [0.717, 1.165) is 19.6 Å². The molecule has 1 aliphatic rings. The molecule has 0 amide bonds. The SMILES string of the molecule is c1ccc(Cn2cncc2CN2CCCCC2c2nccs2)cc1. The number of piperidine rings is 1. The van der Waals surface area contributed by atoms with Crippen LogP contribution in [0.3, 0.4) is 0 Å². The molecule has 3 heterocycles. The Morgan fingerprint density at radius 1 is 1.12 bits per heavy atom. The molecule has 1 aromatic carbocycles. The van der Waals surface area contributed by atoms with E-state index in [1.54, 1.807) is 11.3 Å². The zero-order chi connectivity index (χ0) is 16.2. The van der Waals surface area contributed by atoms with Crippen LogP contribution in [0.2, 0.25) is 0 Å². The summed E-state index contributed by atoms with van der Waals surface area (Å²) < 4.78 is 2.27. The van der Waals surface area contributed by atoms with Crippen LogP contribution in [-0.2, 0) is 13.1 Å². The van der Waals surface area contributed by atoms with Gasteiger partial charge in [-0.2, -0.15) is 0 Å². The van der Waals surface area contributed by atoms with Crippen LogP contribution in [0.1, 0.15) is 41.6 Å². The van der Waals surface area contributed by atoms with Crippen LogP contribution in [0, 0.1) is 0 Å². The second kappa shape index (κ2) is 7.28. The molecule has 0 saturated carbocycles. The molecule has 1 saturated heterocycles. The van der Waals surface area contributed by atoms with Gasteiger partial charge >= 0.3 is 0 Å². The second-order valence-electron chi connectivity index (χ2n) is 6.35. The van der Waals surface area contributed by atoms with E-state index in [0.29, 0.717) is 6.04 Å². The lowest BCUT2D eigenvalue weighted by Gasteiger charge is -2.34. The van der Waals surface area contributed by atoms with E-state index in [1.165, 1.54) is 35.5 Å². The van der Waals surface area contributed by atoms with Crippen molar-refractivity contribution in [1.29, 1.82) is 0 Å². The van der Waals surface area contributed by atoms with E-state index in [2.05, 4.69) is 55.1 Å². The third-order valence-corrected chi connectivity index (χ3v) is 5.59. The number of nitrogens with zero attached hydrogens (tertiary/aromatic N) is 4. The largest absolute Gasteiger partial charge is 0.329 e. The Hall–Kier alpha value is -1.98. The van der Waals surface area contributed by atoms with Gasteiger partial charge in [0.25, 0.3) is 0 Å². The number of thiazole rings is 1. The molecule has 1 aliphatic heterocycles. The Bertz CT molecular complexity index is 751. The Kier molecular flexibility index (Phi) is 4.71. The summed E-state index contributed by atoms with van der Waals surface area (Å²) in [5.74, 6) is 0. The highest BCUT2D eigenvalue weighted by atomic mass is 32.1. The van der Waals surface area contributed by atoms with E-state index >= 15 is 0 Å². The van der Waals surface area contributed by atoms with Gasteiger partial charge in [0, 0.05) is 30.9 Å². The van der Waals surface area contributed by atoms with Crippen LogP contribution in [0.5, 0.6) is 0 Å². The van der Waals surface area contributed by atoms with Crippen molar-refractivity contribution in [2.24, 2.45) is 0 Å². The molecule has 0 bridgehead atoms. The van der Waals surface area contributed by atoms with Gasteiger partial charge in [0.05, 0.1) is 18.1 Å². The number of rotatable bonds is 5. The van der Waals surface area contributed by atoms with Crippen LogP contribution in [0.15, 0.2) is 54.4 Å². The molecule has 1 unspecified atom stereocenters. The van der Waals surface area contributed by atoms with Gasteiger partial charge in [0.15, 0.2) is 0 Å². The lowest BCUT2D eigenvalue weighted by atomic mass is 10.0. The van der Waals surface area contributed by atoms with Crippen LogP contribution in [0.25, 0.3) is 0 Å². The summed E-state index contributed by atoms with van der Waals surface area (Å²) in [4.78, 5) is 11.5. The smallest absolute Gasteiger partial charge is 0.110 e. The van der Waals surface area contributed by atoms with Crippen molar-refractivity contribution in [3.8, 4) is 0 Å². The Morgan fingerprint density at radius 3 is 2.88 bits per heavy atom. The van der Waals surface area contributed by atoms with Crippen molar-refractivity contribution in [3.05, 3.63) is 70.7 Å². The van der Waals surface area contributed by atoms with Gasteiger partial charge in [0.2, 0.25) is 0 Å². The fourth-order valence-electron chi connectivity index (χ4n) is 3.47. The Morgan fingerprint density at radius 2 is 2.04 bits per heavy atom. The van der Waals surface area contributed by atoms with Gasteiger partial charge in [0.1, 0.15) is 5.01 Å². The van der Waals surface area contributed by atoms with E-state index in [4.69, 9.17) is 0 Å². The normalized spacial score (nSPS) is 18.8. The molecule has 1 fully saturated rings. The molecule has 4 nitrogen and oxygen atoms in total. The first kappa shape index (κ1) is 15.5. The number of benzene rings is 1. The van der Waals surface area contributed by atoms with Gasteiger partial charge in [-0.05, 0) is 24.9 Å². The molecular formula is C19H22N4S. The molecule has 5 heteroatoms. The zero-order valence-electron chi connectivity index (χ0n) is 13.7. The highest BCUT2D eigenvalue weighted by Gasteiger charge is 2.26. The minimum absolute atomic E-state index is 0.457. The van der Waals surface area contributed by atoms with Gasteiger partial charge < -0.3 is 4.57 Å². The van der Waals surface area contributed by atoms with Crippen LogP contribution >= 0.6 is 11.3 Å². The summed E-state index contributed by atoms with van der Waals surface area (Å²) in [5, 5.41) is 3.34. The van der Waals surface area contributed by atoms with Crippen molar-refractivity contribution in [2.45, 2.75) is 38.4 Å². The predicted molar refractivity (Wildman–Crippen MR) is 96.9 cm³/mol. The summed E-state index contributed by atoms with van der Waals surface area (Å²) in [5.41, 5.74) is 2.59. The highest BCUT2D eigenvalue weighted by molar-refractivity contribution is 7.09. The highest BCUT2D eigenvalue weighted by Crippen LogP contribution is 2.33. The van der Waals surface area contributed by atoms with Crippen molar-refractivity contribution < 1.29 is 0 Å². The second-order valence-corrected chi connectivity index (χ2v) is 7.28. The predicted octanol–water partition coefficient (Wildman–Crippen LogP) is 4.12. The van der Waals surface area contributed by atoms with Crippen molar-refractivity contribution in [2.75, 3.05) is 6.54 Å². The number of likely N-dealkylation sites (tertiary alicyclic amines) is 1. The maximum atomic E-state index is 4.56. The molecule has 2 aromatic heterocycles. The van der Waals surface area contributed by atoms with E-state index in [9.17, 15) is 0 Å². The summed E-state index contributed by atoms with van der Waals surface area (Å²) >= 11 is 1.78. The average Bonchev–Trinajstić information content (AvgIpc) is 3.29. The van der Waals surface area contributed by atoms with Crippen LogP contribution in [0.4, 0.5) is 0 Å². The van der Waals surface area contributed by atoms with E-state index in [-0.39, 0.29) is 0 Å². The molecule has 3 aromatic rings. The van der Waals surface area contributed by atoms with Gasteiger partial charge in [-0.1, -0.05) is 36.8 Å². The van der Waals surface area contributed by atoms with E-state index < -0.39 is 0 Å². The lowest BCUT2D eigenvalue weighted by Crippen LogP contribution is -2.33. The van der Waals surface area contributed by atoms with Crippen LogP contribution in [-0.4, -0.2) is 26.0 Å². The zero-order valence-corrected chi connectivity index (χ0v) is 14.5. The average molecular weight is 338 g/mol. The molecule has 1 atom stereocenters. The maximum absolute atomic E-state index is 4.56. The van der Waals surface area contributed by atoms with E-state index in [1.807, 2.05) is 18.7 Å². The fourth-order valence-corrected chi connectivity index (χ4v) is 4.28. The third-order valence-electron chi connectivity index (χ3n) is 4.71. The van der Waals surface area contributed by atoms with Gasteiger partial charge in [-0.3, -0.25) is 4.90 Å². The number of imidazole rings is 1. The molecule has 124 valence electrons. The standard InChI is InChI=1S/C19H22N4S/c1-2-6-16(7-3-1)13-23-15-20-12-17(23)14-22-10-5-4-8-18(22)19-21-9-11-24-19/h1-3,6-7,9,11-12,15,18H,4-5,8,10,13-14H2. The summed E-state index contributed by atoms with van der Waals surface area (Å²) in [6.45, 7) is 2.96. The first-order valence-electron chi connectivity index (χ1n) is 8.56. The topological polar surface area (TPSA) is 34.0 Å². The first-order chi connectivity index (χ1) is 11.9. The third kappa shape index (κ3) is 3.42. The maximum Gasteiger partial charge on any atom is 0.110 e. The van der Waals surface area contributed by atoms with Gasteiger partial charge in [-0.25, -0.2) is 9.97 Å². The van der Waals surface area contributed by atoms with Crippen molar-refractivity contribution in [1.82, 2.24) is 19.4 Å². The first-order valence-corrected chi connectivity index (χ1v) is 9.44. The molecular weight excluding hydrogens is 316 g/mol. The molecule has 0 aliphatic carbocycles. The quantitative estimate of drug-likeness (QED) is 0.702. The Balaban J connectivity index is 1.51. The van der Waals surface area contributed by atoms with Crippen molar-refractivity contribution in [3.63, 3.8) is 0 Å². The van der Waals surface area contributed by atoms with Gasteiger partial charge in [-0.15, -0.1) is 11.3 Å². The minimum Gasteiger partial charge on any atom is -0.329 e. The molecule has 0 radical (unpaired) electrons. The Labute approximate surface area is 146 Å². The monoisotopic (exact) mass is 338 g/mol. The molecule has 4 rings (SSSR count).